The Kier molecular flexibility index (Phi) is 5.20. The summed E-state index contributed by atoms with van der Waals surface area (Å²) in [6.07, 6.45) is 0. The molecule has 25 heavy (non-hydrogen) atoms. The van der Waals surface area contributed by atoms with Gasteiger partial charge in [-0.15, -0.1) is 0 Å². The molecular formula is C19H12Br2O4. The van der Waals surface area contributed by atoms with Gasteiger partial charge >= 0.3 is 5.97 Å². The molecule has 0 radical (unpaired) electrons. The number of carboxylic acids is 1. The minimum absolute atomic E-state index is 0.128. The van der Waals surface area contributed by atoms with Crippen molar-refractivity contribution in [3.8, 4) is 5.75 Å². The number of ether oxygens (including phenoxy) is 1. The van der Waals surface area contributed by atoms with E-state index in [2.05, 4.69) is 31.9 Å². The normalized spacial score (nSPS) is 10.6. The number of carbonyl (C=O) groups excluding carboxylic acids is 1. The standard InChI is InChI=1S/C19H12Br2O4/c20-15-8-14(9-16(21)19(15)25-10-17(22)23)18(24)13-6-5-11-3-1-2-4-12(11)7-13/h1-9H,10H2,(H,22,23). The van der Waals surface area contributed by atoms with Crippen molar-refractivity contribution in [2.75, 3.05) is 6.61 Å². The van der Waals surface area contributed by atoms with Crippen LogP contribution in [0.5, 0.6) is 5.75 Å². The van der Waals surface area contributed by atoms with Gasteiger partial charge in [-0.1, -0.05) is 36.4 Å². The van der Waals surface area contributed by atoms with E-state index in [1.54, 1.807) is 18.2 Å². The van der Waals surface area contributed by atoms with Crippen LogP contribution < -0.4 is 4.74 Å². The molecule has 0 atom stereocenters. The van der Waals surface area contributed by atoms with Crippen LogP contribution in [0.2, 0.25) is 0 Å². The lowest BCUT2D eigenvalue weighted by atomic mass is 10.00. The van der Waals surface area contributed by atoms with Crippen LogP contribution in [0.4, 0.5) is 0 Å². The van der Waals surface area contributed by atoms with Crippen LogP contribution in [0.3, 0.4) is 0 Å². The Hall–Kier alpha value is -2.18. The molecule has 0 aliphatic carbocycles. The number of hydrogen-bond acceptors (Lipinski definition) is 3. The zero-order valence-corrected chi connectivity index (χ0v) is 16.0. The average Bonchev–Trinajstić information content (AvgIpc) is 2.59. The fraction of sp³-hybridized carbons (Fsp3) is 0.0526. The number of carboxylic acid groups (broad SMARTS) is 1. The van der Waals surface area contributed by atoms with Crippen molar-refractivity contribution in [3.63, 3.8) is 0 Å². The number of ketones is 1. The van der Waals surface area contributed by atoms with Crippen molar-refractivity contribution in [2.24, 2.45) is 0 Å². The van der Waals surface area contributed by atoms with E-state index in [-0.39, 0.29) is 5.78 Å². The first kappa shape index (κ1) is 17.6. The lowest BCUT2D eigenvalue weighted by molar-refractivity contribution is -0.139. The Bertz CT molecular complexity index is 959. The smallest absolute Gasteiger partial charge is 0.341 e. The maximum atomic E-state index is 12.8. The number of hydrogen-bond donors (Lipinski definition) is 1. The summed E-state index contributed by atoms with van der Waals surface area (Å²) in [4.78, 5) is 23.4. The Balaban J connectivity index is 1.94. The monoisotopic (exact) mass is 462 g/mol. The molecular weight excluding hydrogens is 452 g/mol. The summed E-state index contributed by atoms with van der Waals surface area (Å²) in [5, 5.41) is 10.8. The summed E-state index contributed by atoms with van der Waals surface area (Å²) in [5.74, 6) is -0.857. The maximum absolute atomic E-state index is 12.8. The second-order valence-corrected chi connectivity index (χ2v) is 7.05. The Labute approximate surface area is 160 Å². The van der Waals surface area contributed by atoms with E-state index in [0.717, 1.165) is 10.8 Å². The molecule has 0 aromatic heterocycles. The van der Waals surface area contributed by atoms with Crippen LogP contribution in [0, 0.1) is 0 Å². The highest BCUT2D eigenvalue weighted by molar-refractivity contribution is 9.11. The average molecular weight is 464 g/mol. The predicted octanol–water partition coefficient (Wildman–Crippen LogP) is 5.06. The minimum atomic E-state index is -1.07. The number of fused-ring (bicyclic) bond motifs is 1. The summed E-state index contributed by atoms with van der Waals surface area (Å²) in [6.45, 7) is -0.463. The third-order valence-electron chi connectivity index (χ3n) is 3.61. The summed E-state index contributed by atoms with van der Waals surface area (Å²) < 4.78 is 6.24. The lowest BCUT2D eigenvalue weighted by Gasteiger charge is -2.11. The van der Waals surface area contributed by atoms with E-state index in [9.17, 15) is 9.59 Å². The Morgan fingerprint density at radius 2 is 1.52 bits per heavy atom. The molecule has 0 saturated heterocycles. The van der Waals surface area contributed by atoms with E-state index in [1.807, 2.05) is 36.4 Å². The van der Waals surface area contributed by atoms with Crippen molar-refractivity contribution in [1.29, 1.82) is 0 Å². The molecule has 3 aromatic carbocycles. The van der Waals surface area contributed by atoms with Gasteiger partial charge < -0.3 is 9.84 Å². The number of aliphatic carboxylic acids is 1. The van der Waals surface area contributed by atoms with Gasteiger partial charge in [-0.3, -0.25) is 4.79 Å². The molecule has 4 nitrogen and oxygen atoms in total. The van der Waals surface area contributed by atoms with Crippen LogP contribution in [-0.2, 0) is 4.79 Å². The number of halogens is 2. The van der Waals surface area contributed by atoms with E-state index >= 15 is 0 Å². The van der Waals surface area contributed by atoms with Crippen molar-refractivity contribution >= 4 is 54.4 Å². The van der Waals surface area contributed by atoms with Crippen LogP contribution in [0.15, 0.2) is 63.5 Å². The van der Waals surface area contributed by atoms with Crippen LogP contribution in [0.1, 0.15) is 15.9 Å². The molecule has 0 aliphatic rings. The first-order valence-electron chi connectivity index (χ1n) is 7.33. The van der Waals surface area contributed by atoms with Gasteiger partial charge in [-0.25, -0.2) is 4.79 Å². The van der Waals surface area contributed by atoms with E-state index in [0.29, 0.717) is 25.8 Å². The molecule has 0 saturated carbocycles. The Morgan fingerprint density at radius 3 is 2.16 bits per heavy atom. The highest BCUT2D eigenvalue weighted by Gasteiger charge is 2.16. The van der Waals surface area contributed by atoms with Crippen LogP contribution in [0.25, 0.3) is 10.8 Å². The molecule has 0 amide bonds. The molecule has 0 bridgehead atoms. The molecule has 0 heterocycles. The van der Waals surface area contributed by atoms with Gasteiger partial charge in [-0.05, 0) is 60.8 Å². The van der Waals surface area contributed by atoms with Gasteiger partial charge in [0.2, 0.25) is 0 Å². The van der Waals surface area contributed by atoms with Crippen molar-refractivity contribution in [3.05, 3.63) is 74.7 Å². The molecule has 0 unspecified atom stereocenters. The fourth-order valence-electron chi connectivity index (χ4n) is 2.46. The van der Waals surface area contributed by atoms with E-state index in [4.69, 9.17) is 9.84 Å². The predicted molar refractivity (Wildman–Crippen MR) is 102 cm³/mol. The largest absolute Gasteiger partial charge is 0.480 e. The van der Waals surface area contributed by atoms with Gasteiger partial charge in [-0.2, -0.15) is 0 Å². The van der Waals surface area contributed by atoms with Crippen molar-refractivity contribution < 1.29 is 19.4 Å². The molecule has 0 fully saturated rings. The highest BCUT2D eigenvalue weighted by atomic mass is 79.9. The van der Waals surface area contributed by atoms with Gasteiger partial charge in [0.15, 0.2) is 12.4 Å². The quantitative estimate of drug-likeness (QED) is 0.537. The molecule has 0 spiro atoms. The molecule has 0 aliphatic heterocycles. The first-order chi connectivity index (χ1) is 12.0. The third-order valence-corrected chi connectivity index (χ3v) is 4.79. The second-order valence-electron chi connectivity index (χ2n) is 5.34. The van der Waals surface area contributed by atoms with Crippen molar-refractivity contribution in [2.45, 2.75) is 0 Å². The molecule has 3 aromatic rings. The van der Waals surface area contributed by atoms with Gasteiger partial charge in [0.1, 0.15) is 5.75 Å². The van der Waals surface area contributed by atoms with Crippen LogP contribution in [-0.4, -0.2) is 23.5 Å². The topological polar surface area (TPSA) is 63.6 Å². The third kappa shape index (κ3) is 3.91. The molecule has 6 heteroatoms. The molecule has 3 rings (SSSR count). The van der Waals surface area contributed by atoms with E-state index < -0.39 is 12.6 Å². The van der Waals surface area contributed by atoms with Crippen molar-refractivity contribution in [1.82, 2.24) is 0 Å². The summed E-state index contributed by atoms with van der Waals surface area (Å²) >= 11 is 6.66. The van der Waals surface area contributed by atoms with Gasteiger partial charge in [0, 0.05) is 11.1 Å². The maximum Gasteiger partial charge on any atom is 0.341 e. The summed E-state index contributed by atoms with van der Waals surface area (Å²) in [5.41, 5.74) is 1.05. The number of carbonyl (C=O) groups is 2. The second kappa shape index (κ2) is 7.37. The zero-order valence-electron chi connectivity index (χ0n) is 12.8. The summed E-state index contributed by atoms with van der Waals surface area (Å²) in [6, 6.07) is 16.6. The van der Waals surface area contributed by atoms with Gasteiger partial charge in [0.25, 0.3) is 0 Å². The fourth-order valence-corrected chi connectivity index (χ4v) is 3.88. The minimum Gasteiger partial charge on any atom is -0.480 e. The number of rotatable bonds is 5. The lowest BCUT2D eigenvalue weighted by Crippen LogP contribution is -2.10. The SMILES string of the molecule is O=C(O)COc1c(Br)cc(C(=O)c2ccc3ccccc3c2)cc1Br. The van der Waals surface area contributed by atoms with E-state index in [1.165, 1.54) is 0 Å². The molecule has 1 N–H and O–H groups in total. The zero-order chi connectivity index (χ0) is 18.0. The highest BCUT2D eigenvalue weighted by Crippen LogP contribution is 2.35. The van der Waals surface area contributed by atoms with Gasteiger partial charge in [0.05, 0.1) is 8.95 Å². The first-order valence-corrected chi connectivity index (χ1v) is 8.91. The Morgan fingerprint density at radius 1 is 0.880 bits per heavy atom. The summed E-state index contributed by atoms with van der Waals surface area (Å²) in [7, 11) is 0. The number of benzene rings is 3. The van der Waals surface area contributed by atoms with Crippen LogP contribution >= 0.6 is 31.9 Å². The molecule has 126 valence electrons.